The van der Waals surface area contributed by atoms with E-state index in [1.165, 1.54) is 0 Å². The van der Waals surface area contributed by atoms with Crippen LogP contribution in [0.1, 0.15) is 6.92 Å². The van der Waals surface area contributed by atoms with E-state index >= 15 is 0 Å². The first-order valence-corrected chi connectivity index (χ1v) is 1.52. The topological polar surface area (TPSA) is 132 Å². The van der Waals surface area contributed by atoms with Crippen molar-refractivity contribution in [2.45, 2.75) is 6.92 Å². The Bertz CT molecular complexity index is 76.0. The summed E-state index contributed by atoms with van der Waals surface area (Å²) in [7, 11) is 0. The quantitative estimate of drug-likeness (QED) is 0.420. The Morgan fingerprint density at radius 2 is 0.917 bits per heavy atom. The van der Waals surface area contributed by atoms with Crippen LogP contribution in [0.2, 0.25) is 0 Å². The minimum Gasteiger partial charge on any atom is -2.00 e. The molecule has 0 spiro atoms. The molecule has 0 aromatic heterocycles. The van der Waals surface area contributed by atoms with E-state index in [9.17, 15) is 0 Å². The number of carboxylic acids is 1. The molecule has 0 saturated heterocycles. The van der Waals surface area contributed by atoms with Gasteiger partial charge in [0.05, 0.1) is 0 Å². The summed E-state index contributed by atoms with van der Waals surface area (Å²) in [6.45, 7) is 0.972. The van der Waals surface area contributed by atoms with Gasteiger partial charge >= 0.3 is 58.4 Å². The summed E-state index contributed by atoms with van der Waals surface area (Å²) in [4.78, 5) is 17.2. The smallest absolute Gasteiger partial charge is 2.00 e. The van der Waals surface area contributed by atoms with E-state index in [0.29, 0.717) is 0 Å². The zero-order chi connectivity index (χ0) is 7.15. The van der Waals surface area contributed by atoms with Gasteiger partial charge in [-0.05, 0) is 13.1 Å². The van der Waals surface area contributed by atoms with Crippen LogP contribution in [-0.4, -0.2) is 12.1 Å². The summed E-state index contributed by atoms with van der Waals surface area (Å²) in [6, 6.07) is 0. The molecular formula is C3H3O6Zn3+. The van der Waals surface area contributed by atoms with Crippen molar-refractivity contribution in [3.8, 4) is 0 Å². The first kappa shape index (κ1) is 39.0. The van der Waals surface area contributed by atoms with Crippen LogP contribution < -0.4 is 15.3 Å². The fourth-order valence-corrected chi connectivity index (χ4v) is 0. The summed E-state index contributed by atoms with van der Waals surface area (Å²) in [5, 5.41) is 25.6. The van der Waals surface area contributed by atoms with Gasteiger partial charge in [-0.25, -0.2) is 0 Å². The SMILES string of the molecule is CC(=O)[O-].O=C([O-])[O-].[O-2].[Zn+2].[Zn+2].[Zn+2]. The Morgan fingerprint density at radius 1 is 0.917 bits per heavy atom. The Hall–Kier alpha value is 0.570. The zero-order valence-corrected chi connectivity index (χ0v) is 15.5. The van der Waals surface area contributed by atoms with Crippen molar-refractivity contribution in [3.05, 3.63) is 0 Å². The van der Waals surface area contributed by atoms with Crippen molar-refractivity contribution in [1.82, 2.24) is 0 Å². The number of carboxylic acid groups (broad SMARTS) is 3. The minimum atomic E-state index is -2.33. The summed E-state index contributed by atoms with van der Waals surface area (Å²) in [5.74, 6) is -1.08. The summed E-state index contributed by atoms with van der Waals surface area (Å²) >= 11 is 0. The Labute approximate surface area is 107 Å². The van der Waals surface area contributed by atoms with Gasteiger partial charge in [0.15, 0.2) is 0 Å². The van der Waals surface area contributed by atoms with Crippen LogP contribution in [0.5, 0.6) is 0 Å². The van der Waals surface area contributed by atoms with E-state index in [1.54, 1.807) is 0 Å². The molecule has 0 aliphatic heterocycles. The zero-order valence-electron chi connectivity index (χ0n) is 6.57. The van der Waals surface area contributed by atoms with E-state index in [-0.39, 0.29) is 63.9 Å². The van der Waals surface area contributed by atoms with Crippen molar-refractivity contribution in [2.24, 2.45) is 0 Å². The number of hydrogen-bond acceptors (Lipinski definition) is 5. The van der Waals surface area contributed by atoms with Gasteiger partial charge in [-0.15, -0.1) is 0 Å². The first-order chi connectivity index (χ1) is 3.46. The van der Waals surface area contributed by atoms with Crippen LogP contribution in [0.15, 0.2) is 0 Å². The van der Waals surface area contributed by atoms with E-state index in [4.69, 9.17) is 24.9 Å². The Morgan fingerprint density at radius 3 is 0.917 bits per heavy atom. The van der Waals surface area contributed by atoms with Crippen LogP contribution in [0.4, 0.5) is 4.79 Å². The van der Waals surface area contributed by atoms with E-state index in [0.717, 1.165) is 6.92 Å². The first-order valence-electron chi connectivity index (χ1n) is 1.52. The molecule has 0 bridgehead atoms. The second kappa shape index (κ2) is 29.9. The number of carbonyl (C=O) groups is 2. The third-order valence-corrected chi connectivity index (χ3v) is 0. The normalized spacial score (nSPS) is 4.08. The number of aliphatic carboxylic acids is 1. The molecule has 0 aliphatic carbocycles. The molecule has 0 fully saturated rings. The molecule has 0 rings (SSSR count). The average Bonchev–Trinajstić information content (AvgIpc) is 1.25. The molecule has 0 amide bonds. The molecule has 0 aliphatic rings. The maximum Gasteiger partial charge on any atom is 2.00 e. The van der Waals surface area contributed by atoms with Crippen molar-refractivity contribution >= 4 is 12.1 Å². The monoisotopic (exact) mass is 327 g/mol. The van der Waals surface area contributed by atoms with Gasteiger partial charge in [0.2, 0.25) is 0 Å². The second-order valence-corrected chi connectivity index (χ2v) is 0.742. The third-order valence-electron chi connectivity index (χ3n) is 0. The number of rotatable bonds is 0. The van der Waals surface area contributed by atoms with Gasteiger partial charge in [0.1, 0.15) is 0 Å². The van der Waals surface area contributed by atoms with Crippen molar-refractivity contribution in [1.29, 1.82) is 0 Å². The largest absolute Gasteiger partial charge is 2.00 e. The molecule has 12 heavy (non-hydrogen) atoms. The van der Waals surface area contributed by atoms with Gasteiger partial charge in [-0.3, -0.25) is 0 Å². The van der Waals surface area contributed by atoms with Gasteiger partial charge < -0.3 is 30.4 Å². The fourth-order valence-electron chi connectivity index (χ4n) is 0. The predicted molar refractivity (Wildman–Crippen MR) is 16.8 cm³/mol. The molecule has 0 heterocycles. The summed E-state index contributed by atoms with van der Waals surface area (Å²) < 4.78 is 0. The van der Waals surface area contributed by atoms with Crippen LogP contribution in [-0.2, 0) is 68.7 Å². The van der Waals surface area contributed by atoms with Gasteiger partial charge in [0, 0.05) is 5.97 Å². The average molecular weight is 331 g/mol. The van der Waals surface area contributed by atoms with E-state index in [1.807, 2.05) is 0 Å². The molecule has 0 saturated carbocycles. The van der Waals surface area contributed by atoms with Crippen molar-refractivity contribution in [3.63, 3.8) is 0 Å². The minimum absolute atomic E-state index is 0. The van der Waals surface area contributed by atoms with E-state index < -0.39 is 12.1 Å². The fraction of sp³-hybridized carbons (Fsp3) is 0.333. The van der Waals surface area contributed by atoms with Crippen LogP contribution in [0.3, 0.4) is 0 Å². The van der Waals surface area contributed by atoms with Crippen molar-refractivity contribution in [2.75, 3.05) is 0 Å². The van der Waals surface area contributed by atoms with E-state index in [2.05, 4.69) is 0 Å². The molecule has 0 atom stereocenters. The molecule has 0 aromatic rings. The van der Waals surface area contributed by atoms with Gasteiger partial charge in [-0.2, -0.15) is 0 Å². The molecule has 0 aromatic carbocycles. The molecule has 56 valence electrons. The number of hydrogen-bond donors (Lipinski definition) is 0. The molecular weight excluding hydrogens is 328 g/mol. The molecule has 0 unspecified atom stereocenters. The van der Waals surface area contributed by atoms with Crippen molar-refractivity contribution < 1.29 is 88.8 Å². The Balaban J connectivity index is -0.0000000112. The third kappa shape index (κ3) is 2980. The van der Waals surface area contributed by atoms with Crippen LogP contribution in [0.25, 0.3) is 0 Å². The standard InChI is InChI=1S/C2H4O2.CH2O3.O.3Zn/c1-2(3)4;2-1(3)4;;;;/h1H3,(H,3,4);(H2,2,3,4);;;;/q;;-2;3*+2/p-3. The number of carbonyl (C=O) groups excluding carboxylic acids is 2. The van der Waals surface area contributed by atoms with Gasteiger partial charge in [0.25, 0.3) is 0 Å². The molecule has 6 nitrogen and oxygen atoms in total. The maximum absolute atomic E-state index is 8.89. The molecule has 0 N–H and O–H groups in total. The summed E-state index contributed by atoms with van der Waals surface area (Å²) in [6.07, 6.45) is -2.33. The van der Waals surface area contributed by atoms with Gasteiger partial charge in [-0.1, -0.05) is 0 Å². The summed E-state index contributed by atoms with van der Waals surface area (Å²) in [5.41, 5.74) is 0. The Kier molecular flexibility index (Phi) is 97.3. The van der Waals surface area contributed by atoms with Crippen LogP contribution in [0, 0.1) is 0 Å². The van der Waals surface area contributed by atoms with Crippen LogP contribution >= 0.6 is 0 Å². The maximum atomic E-state index is 8.89. The molecule has 9 heteroatoms. The second-order valence-electron chi connectivity index (χ2n) is 0.742. The molecule has 0 radical (unpaired) electrons. The predicted octanol–water partition coefficient (Wildman–Crippen LogP) is -3.82.